The van der Waals surface area contributed by atoms with E-state index in [0.717, 1.165) is 0 Å². The molecule has 13 heavy (non-hydrogen) atoms. The first-order valence-electron chi connectivity index (χ1n) is 5.85. The van der Waals surface area contributed by atoms with Gasteiger partial charge in [0.2, 0.25) is 0 Å². The fourth-order valence-corrected chi connectivity index (χ4v) is 2.13. The lowest BCUT2D eigenvalue weighted by Gasteiger charge is -2.00. The molecule has 0 amide bonds. The van der Waals surface area contributed by atoms with E-state index in [1.807, 2.05) is 11.8 Å². The molecule has 0 N–H and O–H groups in total. The summed E-state index contributed by atoms with van der Waals surface area (Å²) in [4.78, 5) is 0. The van der Waals surface area contributed by atoms with E-state index in [-0.39, 0.29) is 0 Å². The van der Waals surface area contributed by atoms with Gasteiger partial charge in [-0.05, 0) is 18.6 Å². The van der Waals surface area contributed by atoms with Crippen molar-refractivity contribution in [1.29, 1.82) is 0 Å². The van der Waals surface area contributed by atoms with Crippen LogP contribution in [0.15, 0.2) is 0 Å². The van der Waals surface area contributed by atoms with Crippen molar-refractivity contribution in [3.05, 3.63) is 5.75 Å². The highest BCUT2D eigenvalue weighted by Gasteiger charge is 1.91. The monoisotopic (exact) mass is 201 g/mol. The van der Waals surface area contributed by atoms with Crippen LogP contribution in [0.1, 0.15) is 65.2 Å². The van der Waals surface area contributed by atoms with E-state index in [1.54, 1.807) is 0 Å². The zero-order valence-electron chi connectivity index (χ0n) is 9.35. The minimum atomic E-state index is 1.32. The third kappa shape index (κ3) is 12.4. The molecule has 0 aromatic heterocycles. The van der Waals surface area contributed by atoms with Crippen molar-refractivity contribution in [3.8, 4) is 0 Å². The summed E-state index contributed by atoms with van der Waals surface area (Å²) < 4.78 is 0. The van der Waals surface area contributed by atoms with Crippen LogP contribution in [0.4, 0.5) is 0 Å². The molecule has 0 saturated heterocycles. The number of thioether (sulfide) groups is 1. The maximum absolute atomic E-state index is 2.41. The molecule has 1 radical (unpaired) electrons. The van der Waals surface area contributed by atoms with E-state index in [1.165, 1.54) is 57.1 Å². The Labute approximate surface area is 88.9 Å². The smallest absolute Gasteiger partial charge is 0.0166 e. The average molecular weight is 201 g/mol. The van der Waals surface area contributed by atoms with Crippen LogP contribution in [0.2, 0.25) is 0 Å². The molecule has 79 valence electrons. The van der Waals surface area contributed by atoms with Gasteiger partial charge in [-0.15, -0.1) is 0 Å². The maximum atomic E-state index is 2.41. The SMILES string of the molecule is CCCCCC[CH]SCCCCC. The van der Waals surface area contributed by atoms with Crippen LogP contribution in [-0.2, 0) is 0 Å². The maximum Gasteiger partial charge on any atom is 0.0166 e. The molecule has 0 atom stereocenters. The van der Waals surface area contributed by atoms with E-state index >= 15 is 0 Å². The van der Waals surface area contributed by atoms with Crippen LogP contribution in [-0.4, -0.2) is 5.75 Å². The number of hydrogen-bond donors (Lipinski definition) is 0. The third-order valence-electron chi connectivity index (χ3n) is 2.16. The molecule has 0 aliphatic heterocycles. The summed E-state index contributed by atoms with van der Waals surface area (Å²) >= 11 is 2.03. The lowest BCUT2D eigenvalue weighted by Crippen LogP contribution is -1.81. The average Bonchev–Trinajstić information content (AvgIpc) is 2.16. The van der Waals surface area contributed by atoms with Crippen LogP contribution in [0.3, 0.4) is 0 Å². The minimum absolute atomic E-state index is 1.32. The fraction of sp³-hybridized carbons (Fsp3) is 0.917. The molecular weight excluding hydrogens is 176 g/mol. The van der Waals surface area contributed by atoms with Gasteiger partial charge in [0.15, 0.2) is 0 Å². The van der Waals surface area contributed by atoms with E-state index in [2.05, 4.69) is 19.6 Å². The molecule has 0 aromatic carbocycles. The lowest BCUT2D eigenvalue weighted by molar-refractivity contribution is 0.671. The molecule has 0 bridgehead atoms. The van der Waals surface area contributed by atoms with Crippen molar-refractivity contribution in [2.24, 2.45) is 0 Å². The second kappa shape index (κ2) is 12.3. The van der Waals surface area contributed by atoms with E-state index < -0.39 is 0 Å². The molecular formula is C12H25S. The van der Waals surface area contributed by atoms with Gasteiger partial charge in [0, 0.05) is 5.75 Å². The number of unbranched alkanes of at least 4 members (excludes halogenated alkanes) is 6. The highest BCUT2D eigenvalue weighted by atomic mass is 32.2. The van der Waals surface area contributed by atoms with Crippen LogP contribution in [0, 0.1) is 5.75 Å². The van der Waals surface area contributed by atoms with Gasteiger partial charge in [-0.3, -0.25) is 0 Å². The van der Waals surface area contributed by atoms with Crippen molar-refractivity contribution in [1.82, 2.24) is 0 Å². The first kappa shape index (κ1) is 13.4. The quantitative estimate of drug-likeness (QED) is 0.446. The number of hydrogen-bond acceptors (Lipinski definition) is 1. The first-order chi connectivity index (χ1) is 6.41. The summed E-state index contributed by atoms with van der Waals surface area (Å²) in [7, 11) is 0. The molecule has 0 spiro atoms. The molecule has 1 heteroatoms. The van der Waals surface area contributed by atoms with Crippen LogP contribution in [0.5, 0.6) is 0 Å². The Morgan fingerprint density at radius 2 is 1.54 bits per heavy atom. The van der Waals surface area contributed by atoms with Crippen LogP contribution >= 0.6 is 11.8 Å². The topological polar surface area (TPSA) is 0 Å². The van der Waals surface area contributed by atoms with Gasteiger partial charge in [0.1, 0.15) is 0 Å². The summed E-state index contributed by atoms with van der Waals surface area (Å²) in [6.07, 6.45) is 11.0. The summed E-state index contributed by atoms with van der Waals surface area (Å²) in [5, 5.41) is 0. The Kier molecular flexibility index (Phi) is 12.7. The molecule has 0 rings (SSSR count). The van der Waals surface area contributed by atoms with E-state index in [0.29, 0.717) is 0 Å². The zero-order chi connectivity index (χ0) is 9.78. The lowest BCUT2D eigenvalue weighted by atomic mass is 10.2. The highest BCUT2D eigenvalue weighted by Crippen LogP contribution is 2.15. The largest absolute Gasteiger partial charge is 0.157 e. The second-order valence-electron chi connectivity index (χ2n) is 3.59. The summed E-state index contributed by atoms with van der Waals surface area (Å²) in [5.41, 5.74) is 0. The van der Waals surface area contributed by atoms with Crippen molar-refractivity contribution < 1.29 is 0 Å². The van der Waals surface area contributed by atoms with Gasteiger partial charge >= 0.3 is 0 Å². The van der Waals surface area contributed by atoms with Gasteiger partial charge in [0.05, 0.1) is 0 Å². The second-order valence-corrected chi connectivity index (χ2v) is 4.67. The summed E-state index contributed by atoms with van der Waals surface area (Å²) in [6, 6.07) is 0. The molecule has 0 saturated carbocycles. The normalized spacial score (nSPS) is 10.6. The van der Waals surface area contributed by atoms with Gasteiger partial charge in [0.25, 0.3) is 0 Å². The molecule has 0 unspecified atom stereocenters. The zero-order valence-corrected chi connectivity index (χ0v) is 10.2. The van der Waals surface area contributed by atoms with Crippen LogP contribution < -0.4 is 0 Å². The Hall–Kier alpha value is 0.350. The van der Waals surface area contributed by atoms with Crippen molar-refractivity contribution in [3.63, 3.8) is 0 Å². The molecule has 0 fully saturated rings. The Morgan fingerprint density at radius 3 is 2.23 bits per heavy atom. The van der Waals surface area contributed by atoms with E-state index in [4.69, 9.17) is 0 Å². The molecule has 0 nitrogen and oxygen atoms in total. The summed E-state index contributed by atoms with van der Waals surface area (Å²) in [5.74, 6) is 3.74. The fourth-order valence-electron chi connectivity index (χ4n) is 1.26. The van der Waals surface area contributed by atoms with Crippen LogP contribution in [0.25, 0.3) is 0 Å². The minimum Gasteiger partial charge on any atom is -0.157 e. The molecule has 0 aliphatic carbocycles. The molecule has 0 aromatic rings. The first-order valence-corrected chi connectivity index (χ1v) is 6.90. The van der Waals surface area contributed by atoms with Gasteiger partial charge in [-0.2, -0.15) is 11.8 Å². The molecule has 0 aliphatic rings. The predicted octanol–water partition coefficient (Wildman–Crippen LogP) is 5.04. The van der Waals surface area contributed by atoms with E-state index in [9.17, 15) is 0 Å². The Bertz CT molecular complexity index is 71.2. The Morgan fingerprint density at radius 1 is 0.846 bits per heavy atom. The van der Waals surface area contributed by atoms with Gasteiger partial charge in [-0.1, -0.05) is 52.4 Å². The van der Waals surface area contributed by atoms with Gasteiger partial charge < -0.3 is 0 Å². The third-order valence-corrected chi connectivity index (χ3v) is 3.15. The summed E-state index contributed by atoms with van der Waals surface area (Å²) in [6.45, 7) is 4.53. The Balaban J connectivity index is 2.76. The van der Waals surface area contributed by atoms with Gasteiger partial charge in [-0.25, -0.2) is 0 Å². The predicted molar refractivity (Wildman–Crippen MR) is 65.0 cm³/mol. The van der Waals surface area contributed by atoms with Crippen molar-refractivity contribution in [2.75, 3.05) is 5.75 Å². The highest BCUT2D eigenvalue weighted by molar-refractivity contribution is 8.01. The standard InChI is InChI=1S/C12H25S/c1-3-5-7-8-10-12-13-11-9-6-4-2/h12H,3-11H2,1-2H3. The molecule has 0 heterocycles. The van der Waals surface area contributed by atoms with Crippen molar-refractivity contribution in [2.45, 2.75) is 65.2 Å². The number of rotatable bonds is 10. The van der Waals surface area contributed by atoms with Crippen molar-refractivity contribution >= 4 is 11.8 Å².